The molecule has 2 N–H and O–H groups in total. The highest BCUT2D eigenvalue weighted by Gasteiger charge is 2.29. The van der Waals surface area contributed by atoms with Gasteiger partial charge in [0.25, 0.3) is 0 Å². The lowest BCUT2D eigenvalue weighted by Gasteiger charge is -2.15. The van der Waals surface area contributed by atoms with Crippen LogP contribution in [0, 0.1) is 5.92 Å². The summed E-state index contributed by atoms with van der Waals surface area (Å²) < 4.78 is 41.5. The van der Waals surface area contributed by atoms with Crippen LogP contribution in [0.3, 0.4) is 0 Å². The summed E-state index contributed by atoms with van der Waals surface area (Å²) in [5.41, 5.74) is 0.149. The third-order valence-corrected chi connectivity index (χ3v) is 3.78. The SMILES string of the molecule is O=C(CCC1CCNC1)Nc1cc(Cl)ccc1OCC(F)(F)F. The molecule has 1 unspecified atom stereocenters. The molecule has 1 atom stereocenters. The molecule has 1 aromatic rings. The summed E-state index contributed by atoms with van der Waals surface area (Å²) in [6.07, 6.45) is -2.38. The van der Waals surface area contributed by atoms with Crippen molar-refractivity contribution >= 4 is 23.2 Å². The van der Waals surface area contributed by atoms with Gasteiger partial charge in [-0.3, -0.25) is 4.79 Å². The van der Waals surface area contributed by atoms with Crippen LogP contribution in [0.5, 0.6) is 5.75 Å². The standard InChI is InChI=1S/C15H18ClF3N2O2/c16-11-2-3-13(23-9-15(17,18)19)12(7-11)21-14(22)4-1-10-5-6-20-8-10/h2-3,7,10,20H,1,4-6,8-9H2,(H,21,22). The number of carbonyl (C=O) groups excluding carboxylic acids is 1. The van der Waals surface area contributed by atoms with Gasteiger partial charge in [-0.05, 0) is 50.0 Å². The minimum absolute atomic E-state index is 0.0531. The minimum atomic E-state index is -4.45. The van der Waals surface area contributed by atoms with Gasteiger partial charge in [0, 0.05) is 11.4 Å². The molecule has 1 saturated heterocycles. The van der Waals surface area contributed by atoms with E-state index in [1.54, 1.807) is 0 Å². The summed E-state index contributed by atoms with van der Waals surface area (Å²) in [6.45, 7) is 0.422. The number of nitrogens with one attached hydrogen (secondary N) is 2. The molecule has 0 aliphatic carbocycles. The molecule has 2 rings (SSSR count). The second-order valence-electron chi connectivity index (χ2n) is 5.49. The number of halogens is 4. The maximum absolute atomic E-state index is 12.3. The number of amides is 1. The van der Waals surface area contributed by atoms with Crippen molar-refractivity contribution in [2.75, 3.05) is 25.0 Å². The van der Waals surface area contributed by atoms with Crippen LogP contribution in [0.25, 0.3) is 0 Å². The van der Waals surface area contributed by atoms with Gasteiger partial charge in [0.2, 0.25) is 5.91 Å². The zero-order valence-corrected chi connectivity index (χ0v) is 13.1. The van der Waals surface area contributed by atoms with Crippen LogP contribution in [-0.4, -0.2) is 31.8 Å². The van der Waals surface area contributed by atoms with Crippen LogP contribution in [0.2, 0.25) is 5.02 Å². The van der Waals surface area contributed by atoms with E-state index in [2.05, 4.69) is 10.6 Å². The molecule has 1 aliphatic heterocycles. The molecule has 0 spiro atoms. The number of carbonyl (C=O) groups is 1. The highest BCUT2D eigenvalue weighted by atomic mass is 35.5. The molecule has 1 fully saturated rings. The van der Waals surface area contributed by atoms with Crippen molar-refractivity contribution in [2.24, 2.45) is 5.92 Å². The highest BCUT2D eigenvalue weighted by Crippen LogP contribution is 2.30. The zero-order valence-electron chi connectivity index (χ0n) is 12.4. The van der Waals surface area contributed by atoms with E-state index >= 15 is 0 Å². The summed E-state index contributed by atoms with van der Waals surface area (Å²) in [6, 6.07) is 4.10. The van der Waals surface area contributed by atoms with Crippen molar-refractivity contribution in [1.82, 2.24) is 5.32 Å². The van der Waals surface area contributed by atoms with Crippen LogP contribution in [0.1, 0.15) is 19.3 Å². The normalized spacial score (nSPS) is 18.0. The van der Waals surface area contributed by atoms with Crippen LogP contribution in [0.4, 0.5) is 18.9 Å². The van der Waals surface area contributed by atoms with Crippen molar-refractivity contribution in [3.05, 3.63) is 23.2 Å². The lowest BCUT2D eigenvalue weighted by Crippen LogP contribution is -2.20. The topological polar surface area (TPSA) is 50.4 Å². The Labute approximate surface area is 137 Å². The van der Waals surface area contributed by atoms with Gasteiger partial charge in [-0.1, -0.05) is 11.6 Å². The minimum Gasteiger partial charge on any atom is -0.482 e. The summed E-state index contributed by atoms with van der Waals surface area (Å²) in [5.74, 6) is 0.139. The number of benzene rings is 1. The van der Waals surface area contributed by atoms with Crippen molar-refractivity contribution in [2.45, 2.75) is 25.4 Å². The van der Waals surface area contributed by atoms with E-state index in [1.165, 1.54) is 18.2 Å². The quantitative estimate of drug-likeness (QED) is 0.824. The highest BCUT2D eigenvalue weighted by molar-refractivity contribution is 6.31. The van der Waals surface area contributed by atoms with Crippen molar-refractivity contribution in [3.8, 4) is 5.75 Å². The first kappa shape index (κ1) is 17.9. The lowest BCUT2D eigenvalue weighted by molar-refractivity contribution is -0.153. The van der Waals surface area contributed by atoms with Crippen LogP contribution >= 0.6 is 11.6 Å². The van der Waals surface area contributed by atoms with Gasteiger partial charge in [-0.15, -0.1) is 0 Å². The summed E-state index contributed by atoms with van der Waals surface area (Å²) >= 11 is 5.83. The van der Waals surface area contributed by atoms with Crippen molar-refractivity contribution in [1.29, 1.82) is 0 Å². The van der Waals surface area contributed by atoms with Gasteiger partial charge in [0.05, 0.1) is 5.69 Å². The van der Waals surface area contributed by atoms with Crippen LogP contribution < -0.4 is 15.4 Å². The fourth-order valence-electron chi connectivity index (χ4n) is 2.39. The Kier molecular flexibility index (Phi) is 6.12. The Morgan fingerprint density at radius 3 is 2.87 bits per heavy atom. The zero-order chi connectivity index (χ0) is 16.9. The molecule has 0 saturated carbocycles. The molecule has 23 heavy (non-hydrogen) atoms. The number of alkyl halides is 3. The third-order valence-electron chi connectivity index (χ3n) is 3.55. The molecule has 4 nitrogen and oxygen atoms in total. The monoisotopic (exact) mass is 350 g/mol. The second-order valence-corrected chi connectivity index (χ2v) is 5.93. The van der Waals surface area contributed by atoms with Gasteiger partial charge >= 0.3 is 6.18 Å². The average Bonchev–Trinajstić information content (AvgIpc) is 2.96. The Hall–Kier alpha value is -1.47. The van der Waals surface area contributed by atoms with E-state index in [-0.39, 0.29) is 17.3 Å². The van der Waals surface area contributed by atoms with E-state index < -0.39 is 12.8 Å². The first-order valence-electron chi connectivity index (χ1n) is 7.33. The average molecular weight is 351 g/mol. The summed E-state index contributed by atoms with van der Waals surface area (Å²) in [7, 11) is 0. The molecule has 1 aliphatic rings. The van der Waals surface area contributed by atoms with Crippen molar-refractivity contribution < 1.29 is 22.7 Å². The number of rotatable bonds is 6. The van der Waals surface area contributed by atoms with Gasteiger partial charge in [-0.2, -0.15) is 13.2 Å². The Morgan fingerprint density at radius 1 is 1.43 bits per heavy atom. The number of hydrogen-bond acceptors (Lipinski definition) is 3. The molecule has 1 heterocycles. The lowest BCUT2D eigenvalue weighted by atomic mass is 10.0. The van der Waals surface area contributed by atoms with E-state index in [1.807, 2.05) is 0 Å². The fourth-order valence-corrected chi connectivity index (χ4v) is 2.57. The Morgan fingerprint density at radius 2 is 2.22 bits per heavy atom. The summed E-state index contributed by atoms with van der Waals surface area (Å²) in [4.78, 5) is 12.0. The first-order valence-corrected chi connectivity index (χ1v) is 7.71. The second kappa shape index (κ2) is 7.88. The molecular weight excluding hydrogens is 333 g/mol. The van der Waals surface area contributed by atoms with Gasteiger partial charge < -0.3 is 15.4 Å². The predicted octanol–water partition coefficient (Wildman–Crippen LogP) is 3.61. The summed E-state index contributed by atoms with van der Waals surface area (Å²) in [5, 5.41) is 6.10. The molecule has 128 valence electrons. The van der Waals surface area contributed by atoms with Gasteiger partial charge in [0.1, 0.15) is 5.75 Å². The molecule has 0 aromatic heterocycles. The molecule has 1 amide bonds. The fraction of sp³-hybridized carbons (Fsp3) is 0.533. The molecule has 1 aromatic carbocycles. The number of ether oxygens (including phenoxy) is 1. The third kappa shape index (κ3) is 6.27. The van der Waals surface area contributed by atoms with Crippen LogP contribution in [-0.2, 0) is 4.79 Å². The molecule has 0 radical (unpaired) electrons. The van der Waals surface area contributed by atoms with E-state index in [4.69, 9.17) is 16.3 Å². The smallest absolute Gasteiger partial charge is 0.422 e. The largest absolute Gasteiger partial charge is 0.482 e. The maximum Gasteiger partial charge on any atom is 0.422 e. The van der Waals surface area contributed by atoms with Gasteiger partial charge in [-0.25, -0.2) is 0 Å². The number of hydrogen-bond donors (Lipinski definition) is 2. The molecular formula is C15H18ClF3N2O2. The Balaban J connectivity index is 1.93. The predicted molar refractivity (Wildman–Crippen MR) is 81.8 cm³/mol. The van der Waals surface area contributed by atoms with E-state index in [0.29, 0.717) is 17.4 Å². The molecule has 8 heteroatoms. The van der Waals surface area contributed by atoms with E-state index in [9.17, 15) is 18.0 Å². The first-order chi connectivity index (χ1) is 10.8. The number of anilines is 1. The molecule has 0 bridgehead atoms. The Bertz CT molecular complexity index is 546. The van der Waals surface area contributed by atoms with Crippen LogP contribution in [0.15, 0.2) is 18.2 Å². The van der Waals surface area contributed by atoms with Crippen molar-refractivity contribution in [3.63, 3.8) is 0 Å². The maximum atomic E-state index is 12.3. The van der Waals surface area contributed by atoms with Gasteiger partial charge in [0.15, 0.2) is 6.61 Å². The van der Waals surface area contributed by atoms with E-state index in [0.717, 1.165) is 25.9 Å².